The molecule has 0 unspecified atom stereocenters. The SMILES string of the molecule is CN1C(=C2SC(=Nc3cccc4ncccc34)N(c3ccc(O)cc3)C2=O)Sc2ccccc21. The van der Waals surface area contributed by atoms with Crippen LogP contribution in [-0.4, -0.2) is 28.2 Å². The second-order valence-corrected chi connectivity index (χ2v) is 9.77. The number of nitrogens with zero attached hydrogens (tertiary/aromatic N) is 4. The van der Waals surface area contributed by atoms with Crippen LogP contribution >= 0.6 is 23.5 Å². The van der Waals surface area contributed by atoms with Gasteiger partial charge in [0.05, 0.1) is 27.6 Å². The summed E-state index contributed by atoms with van der Waals surface area (Å²) in [7, 11) is 1.98. The van der Waals surface area contributed by atoms with Crippen molar-refractivity contribution in [2.24, 2.45) is 4.99 Å². The summed E-state index contributed by atoms with van der Waals surface area (Å²) in [5.74, 6) is -0.00303. The quantitative estimate of drug-likeness (QED) is 0.347. The van der Waals surface area contributed by atoms with E-state index in [-0.39, 0.29) is 11.7 Å². The fourth-order valence-electron chi connectivity index (χ4n) is 4.00. The van der Waals surface area contributed by atoms with Crippen LogP contribution in [-0.2, 0) is 4.79 Å². The van der Waals surface area contributed by atoms with E-state index in [0.29, 0.717) is 15.8 Å². The number of thioether (sulfide) groups is 2. The van der Waals surface area contributed by atoms with Gasteiger partial charge in [-0.3, -0.25) is 14.7 Å². The minimum Gasteiger partial charge on any atom is -0.508 e. The summed E-state index contributed by atoms with van der Waals surface area (Å²) < 4.78 is 0. The Kier molecular flexibility index (Phi) is 5.04. The van der Waals surface area contributed by atoms with E-state index in [1.165, 1.54) is 11.8 Å². The Morgan fingerprint density at radius 3 is 2.56 bits per heavy atom. The Bertz CT molecular complexity index is 1510. The topological polar surface area (TPSA) is 69.0 Å². The number of hydrogen-bond acceptors (Lipinski definition) is 7. The van der Waals surface area contributed by atoms with E-state index in [4.69, 9.17) is 4.99 Å². The molecule has 3 heterocycles. The Morgan fingerprint density at radius 1 is 0.912 bits per heavy atom. The summed E-state index contributed by atoms with van der Waals surface area (Å²) in [6.07, 6.45) is 1.75. The lowest BCUT2D eigenvalue weighted by Gasteiger charge is -2.17. The number of phenols is 1. The van der Waals surface area contributed by atoms with Crippen molar-refractivity contribution in [1.29, 1.82) is 0 Å². The molecule has 0 bridgehead atoms. The second kappa shape index (κ2) is 8.23. The van der Waals surface area contributed by atoms with Crippen LogP contribution in [0.15, 0.2) is 105 Å². The van der Waals surface area contributed by atoms with E-state index in [0.717, 1.165) is 32.2 Å². The van der Waals surface area contributed by atoms with Gasteiger partial charge in [-0.15, -0.1) is 0 Å². The Hall–Kier alpha value is -3.75. The van der Waals surface area contributed by atoms with Crippen molar-refractivity contribution >= 4 is 62.6 Å². The molecule has 1 aromatic heterocycles. The van der Waals surface area contributed by atoms with E-state index >= 15 is 0 Å². The maximum absolute atomic E-state index is 13.8. The van der Waals surface area contributed by atoms with Gasteiger partial charge in [-0.25, -0.2) is 4.99 Å². The molecule has 0 saturated carbocycles. The maximum atomic E-state index is 13.8. The number of fused-ring (bicyclic) bond motifs is 2. The van der Waals surface area contributed by atoms with Gasteiger partial charge in [-0.05, 0) is 72.4 Å². The predicted molar refractivity (Wildman–Crippen MR) is 140 cm³/mol. The van der Waals surface area contributed by atoms with Crippen LogP contribution in [0.2, 0.25) is 0 Å². The van der Waals surface area contributed by atoms with E-state index in [9.17, 15) is 9.90 Å². The summed E-state index contributed by atoms with van der Waals surface area (Å²) in [4.78, 5) is 28.5. The summed E-state index contributed by atoms with van der Waals surface area (Å²) >= 11 is 2.95. The number of phenolic OH excluding ortho intramolecular Hbond substituents is 1. The van der Waals surface area contributed by atoms with E-state index in [2.05, 4.69) is 22.0 Å². The standard InChI is InChI=1S/C26H18N4O2S2/c1-29-21-9-2-3-10-22(21)33-25(29)23-24(32)30(16-11-13-17(31)14-12-16)26(34-23)28-20-8-4-7-19-18(20)6-5-15-27-19/h2-15,31H,1H3. The number of pyridine rings is 1. The molecular weight excluding hydrogens is 464 g/mol. The highest BCUT2D eigenvalue weighted by atomic mass is 32.2. The number of para-hydroxylation sites is 1. The van der Waals surface area contributed by atoms with Gasteiger partial charge in [-0.1, -0.05) is 30.0 Å². The van der Waals surface area contributed by atoms with Crippen molar-refractivity contribution in [2.45, 2.75) is 4.90 Å². The van der Waals surface area contributed by atoms with Crippen LogP contribution < -0.4 is 9.80 Å². The van der Waals surface area contributed by atoms with Gasteiger partial charge in [0, 0.05) is 23.5 Å². The number of amides is 1. The minimum absolute atomic E-state index is 0.141. The average Bonchev–Trinajstić information content (AvgIpc) is 3.36. The van der Waals surface area contributed by atoms with Gasteiger partial charge >= 0.3 is 0 Å². The summed E-state index contributed by atoms with van der Waals surface area (Å²) in [5.41, 5.74) is 3.30. The average molecular weight is 483 g/mol. The highest BCUT2D eigenvalue weighted by Gasteiger charge is 2.40. The molecule has 6 rings (SSSR count). The van der Waals surface area contributed by atoms with Gasteiger partial charge in [0.2, 0.25) is 0 Å². The highest BCUT2D eigenvalue weighted by molar-refractivity contribution is 8.20. The first-order valence-corrected chi connectivity index (χ1v) is 12.2. The van der Waals surface area contributed by atoms with Crippen LogP contribution in [0.1, 0.15) is 0 Å². The highest BCUT2D eigenvalue weighted by Crippen LogP contribution is 2.50. The van der Waals surface area contributed by atoms with Gasteiger partial charge in [0.25, 0.3) is 5.91 Å². The molecule has 0 atom stereocenters. The first kappa shape index (κ1) is 20.8. The number of benzene rings is 3. The molecule has 0 radical (unpaired) electrons. The maximum Gasteiger partial charge on any atom is 0.274 e. The Morgan fingerprint density at radius 2 is 1.74 bits per heavy atom. The fraction of sp³-hybridized carbons (Fsp3) is 0.0385. The smallest absolute Gasteiger partial charge is 0.274 e. The van der Waals surface area contributed by atoms with Crippen LogP contribution in [0.4, 0.5) is 17.1 Å². The van der Waals surface area contributed by atoms with Gasteiger partial charge in [0.1, 0.15) is 10.7 Å². The molecule has 34 heavy (non-hydrogen) atoms. The zero-order chi connectivity index (χ0) is 23.2. The number of hydrogen-bond donors (Lipinski definition) is 1. The van der Waals surface area contributed by atoms with Crippen molar-refractivity contribution in [3.05, 3.63) is 95.0 Å². The number of amidine groups is 1. The van der Waals surface area contributed by atoms with Crippen LogP contribution in [0.5, 0.6) is 5.75 Å². The molecule has 2 aliphatic rings. The van der Waals surface area contributed by atoms with Gasteiger partial charge in [-0.2, -0.15) is 0 Å². The minimum atomic E-state index is -0.144. The third-order valence-electron chi connectivity index (χ3n) is 5.66. The van der Waals surface area contributed by atoms with Crippen molar-refractivity contribution in [2.75, 3.05) is 16.8 Å². The molecule has 1 fully saturated rings. The molecule has 6 nitrogen and oxygen atoms in total. The third kappa shape index (κ3) is 3.43. The largest absolute Gasteiger partial charge is 0.508 e. The number of anilines is 2. The lowest BCUT2D eigenvalue weighted by Crippen LogP contribution is -2.29. The monoisotopic (exact) mass is 482 g/mol. The molecule has 8 heteroatoms. The summed E-state index contributed by atoms with van der Waals surface area (Å²) in [6.45, 7) is 0. The number of carbonyl (C=O) groups is 1. The molecule has 1 N–H and O–H groups in total. The fourth-order valence-corrected chi connectivity index (χ4v) is 6.33. The predicted octanol–water partition coefficient (Wildman–Crippen LogP) is 6.12. The molecule has 2 aliphatic heterocycles. The number of aromatic hydroxyl groups is 1. The molecule has 1 amide bonds. The number of aromatic nitrogens is 1. The summed E-state index contributed by atoms with van der Waals surface area (Å²) in [5, 5.41) is 12.1. The van der Waals surface area contributed by atoms with Crippen molar-refractivity contribution in [1.82, 2.24) is 4.98 Å². The van der Waals surface area contributed by atoms with Crippen molar-refractivity contribution < 1.29 is 9.90 Å². The van der Waals surface area contributed by atoms with Crippen molar-refractivity contribution in [3.63, 3.8) is 0 Å². The molecule has 1 saturated heterocycles. The Labute approximate surface area is 204 Å². The molecule has 3 aromatic carbocycles. The molecule has 4 aromatic rings. The molecule has 0 aliphatic carbocycles. The molecular formula is C26H18N4O2S2. The van der Waals surface area contributed by atoms with E-state index in [1.54, 1.807) is 47.1 Å². The lowest BCUT2D eigenvalue weighted by molar-refractivity contribution is -0.113. The first-order valence-electron chi connectivity index (χ1n) is 10.6. The van der Waals surface area contributed by atoms with Crippen LogP contribution in [0.25, 0.3) is 10.9 Å². The number of carbonyl (C=O) groups excluding carboxylic acids is 1. The zero-order valence-corrected chi connectivity index (χ0v) is 19.7. The Balaban J connectivity index is 1.50. The zero-order valence-electron chi connectivity index (χ0n) is 18.0. The summed E-state index contributed by atoms with van der Waals surface area (Å²) in [6, 6.07) is 24.3. The lowest BCUT2D eigenvalue weighted by atomic mass is 10.2. The van der Waals surface area contributed by atoms with Crippen molar-refractivity contribution in [3.8, 4) is 5.75 Å². The number of aliphatic imine (C=N–C) groups is 1. The van der Waals surface area contributed by atoms with E-state index < -0.39 is 0 Å². The third-order valence-corrected chi connectivity index (χ3v) is 8.05. The first-order chi connectivity index (χ1) is 16.6. The normalized spacial score (nSPS) is 18.9. The molecule has 0 spiro atoms. The van der Waals surface area contributed by atoms with E-state index in [1.807, 2.05) is 49.5 Å². The van der Waals surface area contributed by atoms with Gasteiger partial charge < -0.3 is 10.0 Å². The van der Waals surface area contributed by atoms with Crippen LogP contribution in [0.3, 0.4) is 0 Å². The molecule has 166 valence electrons. The number of rotatable bonds is 2. The van der Waals surface area contributed by atoms with Gasteiger partial charge in [0.15, 0.2) is 5.17 Å². The van der Waals surface area contributed by atoms with Crippen LogP contribution in [0, 0.1) is 0 Å². The second-order valence-electron chi connectivity index (χ2n) is 7.76.